The average Bonchev–Trinajstić information content (AvgIpc) is 3.06. The molecule has 3 heterocycles. The van der Waals surface area contributed by atoms with Crippen LogP contribution in [-0.2, 0) is 23.9 Å². The van der Waals surface area contributed by atoms with Gasteiger partial charge in [-0.3, -0.25) is 9.78 Å². The van der Waals surface area contributed by atoms with E-state index in [1.165, 1.54) is 0 Å². The van der Waals surface area contributed by atoms with Crippen LogP contribution < -0.4 is 16.0 Å². The van der Waals surface area contributed by atoms with Gasteiger partial charge in [0.2, 0.25) is 11.9 Å². The summed E-state index contributed by atoms with van der Waals surface area (Å²) in [6.07, 6.45) is -2.05. The fraction of sp³-hybridized carbons (Fsp3) is 0.200. The molecule has 1 aromatic carbocycles. The zero-order valence-corrected chi connectivity index (χ0v) is 15.8. The highest BCUT2D eigenvalue weighted by Gasteiger charge is 2.35. The molecule has 1 aliphatic heterocycles. The molecule has 0 saturated carbocycles. The van der Waals surface area contributed by atoms with Crippen LogP contribution in [-0.4, -0.2) is 20.9 Å². The summed E-state index contributed by atoms with van der Waals surface area (Å²) < 4.78 is 40.2. The van der Waals surface area contributed by atoms with Crippen molar-refractivity contribution in [3.8, 4) is 0 Å². The molecule has 3 aromatic rings. The molecule has 0 bridgehead atoms. The summed E-state index contributed by atoms with van der Waals surface area (Å²) in [6.45, 7) is 1.91. The summed E-state index contributed by atoms with van der Waals surface area (Å²) in [5.41, 5.74) is 2.58. The van der Waals surface area contributed by atoms with Crippen LogP contribution in [0.5, 0.6) is 0 Å². The predicted octanol–water partition coefficient (Wildman–Crippen LogP) is 4.05. The second-order valence-electron chi connectivity index (χ2n) is 6.80. The first kappa shape index (κ1) is 19.6. The Morgan fingerprint density at radius 3 is 2.80 bits per heavy atom. The Morgan fingerprint density at radius 1 is 1.20 bits per heavy atom. The zero-order chi connectivity index (χ0) is 21.3. The van der Waals surface area contributed by atoms with Gasteiger partial charge in [0.1, 0.15) is 11.4 Å². The molecule has 0 fully saturated rings. The van der Waals surface area contributed by atoms with Crippen LogP contribution in [0.15, 0.2) is 42.7 Å². The van der Waals surface area contributed by atoms with E-state index in [-0.39, 0.29) is 30.6 Å². The van der Waals surface area contributed by atoms with Crippen LogP contribution in [0.2, 0.25) is 0 Å². The van der Waals surface area contributed by atoms with E-state index >= 15 is 0 Å². The van der Waals surface area contributed by atoms with Crippen LogP contribution in [0.25, 0.3) is 0 Å². The molecule has 0 atom stereocenters. The van der Waals surface area contributed by atoms with Crippen molar-refractivity contribution < 1.29 is 18.0 Å². The quantitative estimate of drug-likeness (QED) is 0.584. The standard InChI is InChI=1S/C20H17F3N6O/c1-11-3-2-6-24-16(11)10-25-18-14(20(21,22)23)9-26-19(29-18)27-13-4-5-15-12(7-13)8-17(30)28-15/h2-7,9H,8,10H2,1H3,(H,28,30)(H2,25,26,27,29). The van der Waals surface area contributed by atoms with Gasteiger partial charge in [0.15, 0.2) is 0 Å². The maximum absolute atomic E-state index is 13.4. The van der Waals surface area contributed by atoms with E-state index in [9.17, 15) is 18.0 Å². The predicted molar refractivity (Wildman–Crippen MR) is 105 cm³/mol. The number of anilines is 4. The molecule has 10 heteroatoms. The fourth-order valence-corrected chi connectivity index (χ4v) is 3.09. The topological polar surface area (TPSA) is 91.8 Å². The molecule has 4 rings (SSSR count). The third kappa shape index (κ3) is 4.17. The van der Waals surface area contributed by atoms with Gasteiger partial charge in [-0.25, -0.2) is 4.98 Å². The van der Waals surface area contributed by atoms with Gasteiger partial charge in [-0.2, -0.15) is 18.2 Å². The minimum atomic E-state index is -4.61. The molecule has 154 valence electrons. The highest BCUT2D eigenvalue weighted by Crippen LogP contribution is 2.34. The molecule has 2 aromatic heterocycles. The van der Waals surface area contributed by atoms with Crippen LogP contribution in [0.3, 0.4) is 0 Å². The number of benzene rings is 1. The smallest absolute Gasteiger partial charge is 0.364 e. The number of hydrogen-bond acceptors (Lipinski definition) is 6. The van der Waals surface area contributed by atoms with Crippen LogP contribution in [0.4, 0.5) is 36.3 Å². The van der Waals surface area contributed by atoms with Gasteiger partial charge in [-0.15, -0.1) is 0 Å². The van der Waals surface area contributed by atoms with Crippen molar-refractivity contribution in [2.24, 2.45) is 0 Å². The van der Waals surface area contributed by atoms with E-state index in [1.807, 2.05) is 13.0 Å². The summed E-state index contributed by atoms with van der Waals surface area (Å²) in [7, 11) is 0. The number of carbonyl (C=O) groups excluding carboxylic acids is 1. The molecule has 1 amide bonds. The monoisotopic (exact) mass is 414 g/mol. The van der Waals surface area contributed by atoms with Gasteiger partial charge < -0.3 is 16.0 Å². The van der Waals surface area contributed by atoms with Crippen molar-refractivity contribution in [1.29, 1.82) is 0 Å². The number of nitrogens with one attached hydrogen (secondary N) is 3. The van der Waals surface area contributed by atoms with E-state index < -0.39 is 11.7 Å². The van der Waals surface area contributed by atoms with Crippen molar-refractivity contribution in [2.75, 3.05) is 16.0 Å². The Morgan fingerprint density at radius 2 is 2.03 bits per heavy atom. The highest BCUT2D eigenvalue weighted by molar-refractivity contribution is 5.99. The summed E-state index contributed by atoms with van der Waals surface area (Å²) in [4.78, 5) is 23.5. The first-order valence-electron chi connectivity index (χ1n) is 9.08. The van der Waals surface area contributed by atoms with Crippen LogP contribution >= 0.6 is 0 Å². The fourth-order valence-electron chi connectivity index (χ4n) is 3.09. The van der Waals surface area contributed by atoms with Crippen LogP contribution in [0.1, 0.15) is 22.4 Å². The summed E-state index contributed by atoms with van der Waals surface area (Å²) >= 11 is 0. The number of amides is 1. The summed E-state index contributed by atoms with van der Waals surface area (Å²) in [6, 6.07) is 8.73. The maximum Gasteiger partial charge on any atom is 0.421 e. The van der Waals surface area contributed by atoms with E-state index in [0.29, 0.717) is 17.1 Å². The van der Waals surface area contributed by atoms with Crippen molar-refractivity contribution in [3.05, 3.63) is 65.1 Å². The van der Waals surface area contributed by atoms with Crippen molar-refractivity contribution >= 4 is 29.0 Å². The van der Waals surface area contributed by atoms with E-state index in [2.05, 4.69) is 30.9 Å². The third-order valence-corrected chi connectivity index (χ3v) is 4.62. The molecule has 3 N–H and O–H groups in total. The number of aryl methyl sites for hydroxylation is 1. The number of halogens is 3. The normalized spacial score (nSPS) is 13.0. The van der Waals surface area contributed by atoms with Gasteiger partial charge >= 0.3 is 6.18 Å². The van der Waals surface area contributed by atoms with Gasteiger partial charge in [0.05, 0.1) is 18.7 Å². The second-order valence-corrected chi connectivity index (χ2v) is 6.80. The molecule has 0 aliphatic carbocycles. The lowest BCUT2D eigenvalue weighted by molar-refractivity contribution is -0.137. The Balaban J connectivity index is 1.59. The minimum absolute atomic E-state index is 0.000440. The lowest BCUT2D eigenvalue weighted by Gasteiger charge is -2.15. The summed E-state index contributed by atoms with van der Waals surface area (Å²) in [5.74, 6) is -0.451. The molecule has 0 radical (unpaired) electrons. The highest BCUT2D eigenvalue weighted by atomic mass is 19.4. The van der Waals surface area contributed by atoms with Gasteiger partial charge in [-0.05, 0) is 42.3 Å². The lowest BCUT2D eigenvalue weighted by atomic mass is 10.1. The summed E-state index contributed by atoms with van der Waals surface area (Å²) in [5, 5.41) is 8.33. The molecule has 0 saturated heterocycles. The Bertz CT molecular complexity index is 1120. The lowest BCUT2D eigenvalue weighted by Crippen LogP contribution is -2.15. The third-order valence-electron chi connectivity index (χ3n) is 4.62. The van der Waals surface area contributed by atoms with Gasteiger partial charge in [0.25, 0.3) is 0 Å². The maximum atomic E-state index is 13.4. The van der Waals surface area contributed by atoms with E-state index in [0.717, 1.165) is 17.3 Å². The minimum Gasteiger partial charge on any atom is -0.364 e. The molecular formula is C20H17F3N6O. The largest absolute Gasteiger partial charge is 0.421 e. The van der Waals surface area contributed by atoms with Gasteiger partial charge in [0, 0.05) is 23.8 Å². The number of carbonyl (C=O) groups is 1. The first-order chi connectivity index (χ1) is 14.3. The molecule has 7 nitrogen and oxygen atoms in total. The first-order valence-corrected chi connectivity index (χ1v) is 9.08. The Kier molecular flexibility index (Phi) is 4.98. The van der Waals surface area contributed by atoms with Gasteiger partial charge in [-0.1, -0.05) is 6.07 Å². The number of rotatable bonds is 5. The Hall–Kier alpha value is -3.69. The number of aromatic nitrogens is 3. The van der Waals surface area contributed by atoms with Crippen molar-refractivity contribution in [1.82, 2.24) is 15.0 Å². The molecule has 0 spiro atoms. The number of fused-ring (bicyclic) bond motifs is 1. The number of alkyl halides is 3. The molecule has 30 heavy (non-hydrogen) atoms. The zero-order valence-electron chi connectivity index (χ0n) is 15.8. The van der Waals surface area contributed by atoms with E-state index in [1.54, 1.807) is 30.5 Å². The number of pyridine rings is 1. The molecule has 0 unspecified atom stereocenters. The molecule has 1 aliphatic rings. The SMILES string of the molecule is Cc1cccnc1CNc1nc(Nc2ccc3c(c2)CC(=O)N3)ncc1C(F)(F)F. The van der Waals surface area contributed by atoms with Crippen molar-refractivity contribution in [3.63, 3.8) is 0 Å². The van der Waals surface area contributed by atoms with Crippen molar-refractivity contribution in [2.45, 2.75) is 26.1 Å². The van der Waals surface area contributed by atoms with Crippen LogP contribution in [0, 0.1) is 6.92 Å². The Labute approximate surface area is 169 Å². The number of hydrogen-bond donors (Lipinski definition) is 3. The number of nitrogens with zero attached hydrogens (tertiary/aromatic N) is 3. The molecular weight excluding hydrogens is 397 g/mol. The average molecular weight is 414 g/mol. The van der Waals surface area contributed by atoms with E-state index in [4.69, 9.17) is 0 Å². The second kappa shape index (κ2) is 7.62.